The number of rotatable bonds is 4. The highest BCUT2D eigenvalue weighted by Crippen LogP contribution is 2.44. The van der Waals surface area contributed by atoms with Gasteiger partial charge in [-0.1, -0.05) is 18.9 Å². The molecule has 3 nitrogen and oxygen atoms in total. The number of carboxylic acid groups (broad SMARTS) is 1. The lowest BCUT2D eigenvalue weighted by Crippen LogP contribution is -2.30. The largest absolute Gasteiger partial charge is 0.481 e. The van der Waals surface area contributed by atoms with Crippen LogP contribution in [0.5, 0.6) is 0 Å². The van der Waals surface area contributed by atoms with Crippen LogP contribution in [0.15, 0.2) is 17.5 Å². The van der Waals surface area contributed by atoms with Crippen LogP contribution in [0.4, 0.5) is 0 Å². The predicted octanol–water partition coefficient (Wildman–Crippen LogP) is 2.97. The average molecular weight is 238 g/mol. The average Bonchev–Trinajstić information content (AvgIpc) is 2.85. The van der Waals surface area contributed by atoms with E-state index in [1.165, 1.54) is 11.3 Å². The van der Waals surface area contributed by atoms with Gasteiger partial charge in [-0.2, -0.15) is 0 Å². The van der Waals surface area contributed by atoms with Gasteiger partial charge in [0.25, 0.3) is 0 Å². The van der Waals surface area contributed by atoms with Gasteiger partial charge in [0, 0.05) is 5.41 Å². The molecule has 2 rings (SSSR count). The molecule has 1 N–H and O–H groups in total. The van der Waals surface area contributed by atoms with Crippen molar-refractivity contribution in [3.8, 4) is 0 Å². The summed E-state index contributed by atoms with van der Waals surface area (Å²) in [5.74, 6) is -0.839. The number of aliphatic carboxylic acids is 1. The molecule has 1 aromatic rings. The Labute approximate surface area is 98.1 Å². The molecule has 1 aliphatic rings. The lowest BCUT2D eigenvalue weighted by atomic mass is 9.78. The fraction of sp³-hybridized carbons (Fsp3) is 0.500. The summed E-state index contributed by atoms with van der Waals surface area (Å²) < 4.78 is 0. The van der Waals surface area contributed by atoms with E-state index in [9.17, 15) is 9.59 Å². The van der Waals surface area contributed by atoms with Crippen molar-refractivity contribution in [1.82, 2.24) is 0 Å². The Morgan fingerprint density at radius 3 is 2.56 bits per heavy atom. The second kappa shape index (κ2) is 4.37. The molecule has 1 fully saturated rings. The highest BCUT2D eigenvalue weighted by molar-refractivity contribution is 7.12. The second-order valence-electron chi connectivity index (χ2n) is 4.36. The van der Waals surface area contributed by atoms with Crippen LogP contribution in [-0.2, 0) is 4.79 Å². The van der Waals surface area contributed by atoms with Crippen molar-refractivity contribution in [2.24, 2.45) is 5.41 Å². The maximum Gasteiger partial charge on any atom is 0.304 e. The van der Waals surface area contributed by atoms with Gasteiger partial charge >= 0.3 is 5.97 Å². The molecule has 1 aliphatic carbocycles. The quantitative estimate of drug-likeness (QED) is 0.820. The summed E-state index contributed by atoms with van der Waals surface area (Å²) in [5, 5.41) is 10.8. The molecule has 0 radical (unpaired) electrons. The third-order valence-corrected chi connectivity index (χ3v) is 4.15. The Morgan fingerprint density at radius 2 is 2.06 bits per heavy atom. The zero-order chi connectivity index (χ0) is 11.6. The first-order valence-electron chi connectivity index (χ1n) is 5.44. The van der Waals surface area contributed by atoms with Crippen molar-refractivity contribution in [3.63, 3.8) is 0 Å². The zero-order valence-electron chi connectivity index (χ0n) is 8.94. The molecule has 1 heterocycles. The van der Waals surface area contributed by atoms with Crippen LogP contribution in [0.2, 0.25) is 0 Å². The molecule has 1 saturated carbocycles. The van der Waals surface area contributed by atoms with Crippen LogP contribution in [0.1, 0.15) is 41.8 Å². The van der Waals surface area contributed by atoms with Crippen LogP contribution in [0.25, 0.3) is 0 Å². The summed E-state index contributed by atoms with van der Waals surface area (Å²) in [4.78, 5) is 23.9. The van der Waals surface area contributed by atoms with Gasteiger partial charge in [0.15, 0.2) is 5.78 Å². The third-order valence-electron chi connectivity index (χ3n) is 3.28. The summed E-state index contributed by atoms with van der Waals surface area (Å²) >= 11 is 1.40. The van der Waals surface area contributed by atoms with Gasteiger partial charge in [0.2, 0.25) is 0 Å². The normalized spacial score (nSPS) is 18.5. The maximum atomic E-state index is 12.3. The fourth-order valence-corrected chi connectivity index (χ4v) is 3.28. The van der Waals surface area contributed by atoms with Crippen molar-refractivity contribution in [3.05, 3.63) is 22.4 Å². The number of carbonyl (C=O) groups is 2. The minimum atomic E-state index is -0.869. The van der Waals surface area contributed by atoms with Crippen molar-refractivity contribution in [1.29, 1.82) is 0 Å². The van der Waals surface area contributed by atoms with Crippen LogP contribution in [0, 0.1) is 5.41 Å². The maximum absolute atomic E-state index is 12.3. The van der Waals surface area contributed by atoms with Gasteiger partial charge in [0.1, 0.15) is 0 Å². The fourth-order valence-electron chi connectivity index (χ4n) is 2.49. The van der Waals surface area contributed by atoms with Crippen molar-refractivity contribution in [2.45, 2.75) is 32.1 Å². The molecule has 86 valence electrons. The Morgan fingerprint density at radius 1 is 1.38 bits per heavy atom. The van der Waals surface area contributed by atoms with E-state index >= 15 is 0 Å². The van der Waals surface area contributed by atoms with E-state index < -0.39 is 11.4 Å². The Balaban J connectivity index is 2.25. The number of carbonyl (C=O) groups excluding carboxylic acids is 1. The standard InChI is InChI=1S/C12H14O3S/c13-10(14)8-12(5-1-2-6-12)11(15)9-4-3-7-16-9/h3-4,7H,1-2,5-6,8H2,(H,13,14). The van der Waals surface area contributed by atoms with Gasteiger partial charge in [-0.3, -0.25) is 9.59 Å². The molecule has 0 amide bonds. The number of hydrogen-bond donors (Lipinski definition) is 1. The summed E-state index contributed by atoms with van der Waals surface area (Å²) in [7, 11) is 0. The predicted molar refractivity (Wildman–Crippen MR) is 61.8 cm³/mol. The number of ketones is 1. The van der Waals surface area contributed by atoms with Crippen molar-refractivity contribution in [2.75, 3.05) is 0 Å². The first kappa shape index (κ1) is 11.3. The van der Waals surface area contributed by atoms with Crippen LogP contribution < -0.4 is 0 Å². The number of carboxylic acids is 1. The first-order valence-corrected chi connectivity index (χ1v) is 6.32. The van der Waals surface area contributed by atoms with Gasteiger partial charge in [0.05, 0.1) is 11.3 Å². The molecule has 1 aromatic heterocycles. The van der Waals surface area contributed by atoms with Crippen LogP contribution in [-0.4, -0.2) is 16.9 Å². The molecule has 16 heavy (non-hydrogen) atoms. The minimum absolute atomic E-state index is 0.0241. The molecule has 0 aromatic carbocycles. The lowest BCUT2D eigenvalue weighted by molar-refractivity contribution is -0.139. The van der Waals surface area contributed by atoms with E-state index in [0.29, 0.717) is 4.88 Å². The molecule has 0 saturated heterocycles. The van der Waals surface area contributed by atoms with E-state index in [1.807, 2.05) is 11.4 Å². The Bertz CT molecular complexity index is 388. The van der Waals surface area contributed by atoms with Gasteiger partial charge in [-0.25, -0.2) is 0 Å². The van der Waals surface area contributed by atoms with E-state index in [0.717, 1.165) is 25.7 Å². The smallest absolute Gasteiger partial charge is 0.304 e. The lowest BCUT2D eigenvalue weighted by Gasteiger charge is -2.24. The van der Waals surface area contributed by atoms with E-state index in [1.54, 1.807) is 6.07 Å². The van der Waals surface area contributed by atoms with Crippen molar-refractivity contribution < 1.29 is 14.7 Å². The monoisotopic (exact) mass is 238 g/mol. The Kier molecular flexibility index (Phi) is 3.10. The number of Topliss-reactive ketones (excluding diaryl/α,β-unsaturated/α-hetero) is 1. The summed E-state index contributed by atoms with van der Waals surface area (Å²) in [6, 6.07) is 3.62. The first-order chi connectivity index (χ1) is 7.64. The van der Waals surface area contributed by atoms with Crippen LogP contribution in [0.3, 0.4) is 0 Å². The third kappa shape index (κ3) is 2.02. The SMILES string of the molecule is O=C(O)CC1(C(=O)c2cccs2)CCCC1. The molecule has 0 atom stereocenters. The molecular formula is C12H14O3S. The topological polar surface area (TPSA) is 54.4 Å². The highest BCUT2D eigenvalue weighted by Gasteiger charge is 2.43. The van der Waals surface area contributed by atoms with Crippen molar-refractivity contribution >= 4 is 23.1 Å². The molecule has 0 spiro atoms. The number of hydrogen-bond acceptors (Lipinski definition) is 3. The molecule has 0 bridgehead atoms. The summed E-state index contributed by atoms with van der Waals surface area (Å²) in [6.07, 6.45) is 3.34. The minimum Gasteiger partial charge on any atom is -0.481 e. The van der Waals surface area contributed by atoms with Gasteiger partial charge in [-0.15, -0.1) is 11.3 Å². The van der Waals surface area contributed by atoms with E-state index in [-0.39, 0.29) is 12.2 Å². The van der Waals surface area contributed by atoms with Crippen LogP contribution >= 0.6 is 11.3 Å². The summed E-state index contributed by atoms with van der Waals surface area (Å²) in [6.45, 7) is 0. The molecular weight excluding hydrogens is 224 g/mol. The Hall–Kier alpha value is -1.16. The zero-order valence-corrected chi connectivity index (χ0v) is 9.76. The van der Waals surface area contributed by atoms with Gasteiger partial charge in [-0.05, 0) is 24.3 Å². The second-order valence-corrected chi connectivity index (χ2v) is 5.31. The summed E-state index contributed by atoms with van der Waals surface area (Å²) in [5.41, 5.74) is -0.628. The van der Waals surface area contributed by atoms with E-state index in [2.05, 4.69) is 0 Å². The molecule has 0 unspecified atom stereocenters. The highest BCUT2D eigenvalue weighted by atomic mass is 32.1. The van der Waals surface area contributed by atoms with E-state index in [4.69, 9.17) is 5.11 Å². The molecule has 4 heteroatoms. The number of thiophene rings is 1. The molecule has 0 aliphatic heterocycles. The van der Waals surface area contributed by atoms with Gasteiger partial charge < -0.3 is 5.11 Å².